The number of aromatic nitrogens is 4. The van der Waals surface area contributed by atoms with E-state index in [1.54, 1.807) is 17.7 Å². The summed E-state index contributed by atoms with van der Waals surface area (Å²) in [7, 11) is 0. The number of likely N-dealkylation sites (N-methyl/N-ethyl adjacent to an activating group) is 1. The average Bonchev–Trinajstić information content (AvgIpc) is 2.98. The molecular weight excluding hydrogens is 258 g/mol. The van der Waals surface area contributed by atoms with Crippen LogP contribution < -0.4 is 5.32 Å². The van der Waals surface area contributed by atoms with E-state index < -0.39 is 0 Å². The van der Waals surface area contributed by atoms with Gasteiger partial charge in [-0.1, -0.05) is 27.7 Å². The Hall–Kier alpha value is -1.27. The van der Waals surface area contributed by atoms with Gasteiger partial charge in [0.15, 0.2) is 0 Å². The van der Waals surface area contributed by atoms with Crippen LogP contribution in [-0.2, 0) is 11.8 Å². The lowest BCUT2D eigenvalue weighted by Gasteiger charge is -2.15. The van der Waals surface area contributed by atoms with Gasteiger partial charge in [0.25, 0.3) is 0 Å². The Morgan fingerprint density at radius 3 is 2.74 bits per heavy atom. The molecule has 0 bridgehead atoms. The molecule has 0 aromatic carbocycles. The standard InChI is InChI=1S/C13H21N5S/c1-5-14-9(12-15-8-16-18-12)6-11-17-10(7-19-11)13(2,3)4/h7-9,14H,5-6H2,1-4H3,(H,15,16,18). The molecule has 0 saturated carbocycles. The largest absolute Gasteiger partial charge is 0.307 e. The zero-order valence-corrected chi connectivity index (χ0v) is 12.7. The zero-order chi connectivity index (χ0) is 13.9. The lowest BCUT2D eigenvalue weighted by Crippen LogP contribution is -2.24. The van der Waals surface area contributed by atoms with E-state index in [1.807, 2.05) is 0 Å². The van der Waals surface area contributed by atoms with E-state index in [4.69, 9.17) is 4.98 Å². The number of hydrogen-bond donors (Lipinski definition) is 2. The Morgan fingerprint density at radius 1 is 1.42 bits per heavy atom. The van der Waals surface area contributed by atoms with Gasteiger partial charge in [-0.3, -0.25) is 5.10 Å². The molecule has 0 aliphatic heterocycles. The molecule has 0 radical (unpaired) electrons. The minimum atomic E-state index is 0.106. The van der Waals surface area contributed by atoms with Gasteiger partial charge in [0.05, 0.1) is 16.7 Å². The van der Waals surface area contributed by atoms with Gasteiger partial charge in [0.2, 0.25) is 0 Å². The Kier molecular flexibility index (Phi) is 4.31. The fourth-order valence-corrected chi connectivity index (χ4v) is 2.89. The molecule has 104 valence electrons. The molecule has 2 aromatic rings. The molecule has 2 rings (SSSR count). The maximum absolute atomic E-state index is 4.73. The quantitative estimate of drug-likeness (QED) is 0.882. The van der Waals surface area contributed by atoms with Gasteiger partial charge in [0, 0.05) is 17.2 Å². The summed E-state index contributed by atoms with van der Waals surface area (Å²) in [5, 5.41) is 13.5. The summed E-state index contributed by atoms with van der Waals surface area (Å²) in [5.74, 6) is 0.870. The van der Waals surface area contributed by atoms with Crippen molar-refractivity contribution in [1.82, 2.24) is 25.5 Å². The van der Waals surface area contributed by atoms with E-state index in [2.05, 4.69) is 53.6 Å². The molecule has 2 heterocycles. The first-order chi connectivity index (χ1) is 9.00. The van der Waals surface area contributed by atoms with Crippen LogP contribution in [0.25, 0.3) is 0 Å². The molecule has 1 atom stereocenters. The van der Waals surface area contributed by atoms with E-state index >= 15 is 0 Å². The maximum atomic E-state index is 4.73. The first kappa shape index (κ1) is 14.1. The topological polar surface area (TPSA) is 66.5 Å². The van der Waals surface area contributed by atoms with E-state index in [1.165, 1.54) is 0 Å². The van der Waals surface area contributed by atoms with Gasteiger partial charge in [-0.05, 0) is 6.54 Å². The third kappa shape index (κ3) is 3.61. The van der Waals surface area contributed by atoms with Crippen LogP contribution in [0.5, 0.6) is 0 Å². The van der Waals surface area contributed by atoms with Crippen LogP contribution in [0.4, 0.5) is 0 Å². The second kappa shape index (κ2) is 5.79. The molecule has 19 heavy (non-hydrogen) atoms. The predicted octanol–water partition coefficient (Wildman–Crippen LogP) is 2.45. The van der Waals surface area contributed by atoms with E-state index in [0.29, 0.717) is 0 Å². The Morgan fingerprint density at radius 2 is 2.21 bits per heavy atom. The van der Waals surface area contributed by atoms with Crippen LogP contribution in [0.2, 0.25) is 0 Å². The Balaban J connectivity index is 2.11. The summed E-state index contributed by atoms with van der Waals surface area (Å²) in [6.45, 7) is 9.53. The summed E-state index contributed by atoms with van der Waals surface area (Å²) in [6.07, 6.45) is 2.38. The van der Waals surface area contributed by atoms with Crippen molar-refractivity contribution in [3.63, 3.8) is 0 Å². The minimum Gasteiger partial charge on any atom is -0.307 e. The van der Waals surface area contributed by atoms with Crippen LogP contribution >= 0.6 is 11.3 Å². The van der Waals surface area contributed by atoms with E-state index in [0.717, 1.165) is 29.5 Å². The van der Waals surface area contributed by atoms with Crippen molar-refractivity contribution >= 4 is 11.3 Å². The number of aromatic amines is 1. The van der Waals surface area contributed by atoms with Crippen LogP contribution in [0.3, 0.4) is 0 Å². The van der Waals surface area contributed by atoms with Crippen LogP contribution in [-0.4, -0.2) is 26.7 Å². The summed E-state index contributed by atoms with van der Waals surface area (Å²) in [6, 6.07) is 0.145. The normalized spacial score (nSPS) is 13.7. The molecule has 0 fully saturated rings. The fraction of sp³-hybridized carbons (Fsp3) is 0.615. The van der Waals surface area contributed by atoms with Crippen molar-refractivity contribution < 1.29 is 0 Å². The van der Waals surface area contributed by atoms with Crippen LogP contribution in [0, 0.1) is 0 Å². The molecule has 2 N–H and O–H groups in total. The molecule has 0 saturated heterocycles. The van der Waals surface area contributed by atoms with Crippen molar-refractivity contribution in [1.29, 1.82) is 0 Å². The monoisotopic (exact) mass is 279 g/mol. The number of rotatable bonds is 5. The van der Waals surface area contributed by atoms with E-state index in [9.17, 15) is 0 Å². The highest BCUT2D eigenvalue weighted by Crippen LogP contribution is 2.26. The zero-order valence-electron chi connectivity index (χ0n) is 11.9. The third-order valence-electron chi connectivity index (χ3n) is 2.91. The van der Waals surface area contributed by atoms with Crippen LogP contribution in [0.15, 0.2) is 11.7 Å². The second-order valence-corrected chi connectivity index (χ2v) is 6.50. The molecule has 0 aliphatic carbocycles. The van der Waals surface area contributed by atoms with Gasteiger partial charge in [0.1, 0.15) is 12.2 Å². The molecule has 2 aromatic heterocycles. The van der Waals surface area contributed by atoms with Crippen molar-refractivity contribution in [2.75, 3.05) is 6.54 Å². The number of hydrogen-bond acceptors (Lipinski definition) is 5. The molecule has 6 heteroatoms. The molecular formula is C13H21N5S. The predicted molar refractivity (Wildman–Crippen MR) is 77.3 cm³/mol. The fourth-order valence-electron chi connectivity index (χ4n) is 1.82. The van der Waals surface area contributed by atoms with Gasteiger partial charge in [-0.15, -0.1) is 11.3 Å². The smallest absolute Gasteiger partial charge is 0.141 e. The lowest BCUT2D eigenvalue weighted by molar-refractivity contribution is 0.518. The summed E-state index contributed by atoms with van der Waals surface area (Å²) in [4.78, 5) is 8.96. The average molecular weight is 279 g/mol. The molecule has 5 nitrogen and oxygen atoms in total. The highest BCUT2D eigenvalue weighted by atomic mass is 32.1. The van der Waals surface area contributed by atoms with Crippen molar-refractivity contribution in [3.8, 4) is 0 Å². The van der Waals surface area contributed by atoms with Gasteiger partial charge in [-0.25, -0.2) is 9.97 Å². The molecule has 0 aliphatic rings. The molecule has 0 spiro atoms. The SMILES string of the molecule is CCNC(Cc1nc(C(C)(C)C)cs1)c1ncn[nH]1. The van der Waals surface area contributed by atoms with Gasteiger partial charge < -0.3 is 5.32 Å². The summed E-state index contributed by atoms with van der Waals surface area (Å²) >= 11 is 1.71. The first-order valence-electron chi connectivity index (χ1n) is 6.54. The maximum Gasteiger partial charge on any atom is 0.141 e. The van der Waals surface area contributed by atoms with Crippen molar-refractivity contribution in [3.05, 3.63) is 28.2 Å². The Bertz CT molecular complexity index is 497. The highest BCUT2D eigenvalue weighted by Gasteiger charge is 2.20. The Labute approximate surface area is 117 Å². The number of thiazole rings is 1. The second-order valence-electron chi connectivity index (χ2n) is 5.56. The number of nitrogens with zero attached hydrogens (tertiary/aromatic N) is 3. The van der Waals surface area contributed by atoms with Crippen molar-refractivity contribution in [2.24, 2.45) is 0 Å². The van der Waals surface area contributed by atoms with Gasteiger partial charge >= 0.3 is 0 Å². The minimum absolute atomic E-state index is 0.106. The van der Waals surface area contributed by atoms with E-state index in [-0.39, 0.29) is 11.5 Å². The number of H-pyrrole nitrogens is 1. The van der Waals surface area contributed by atoms with Gasteiger partial charge in [-0.2, -0.15) is 5.10 Å². The summed E-state index contributed by atoms with van der Waals surface area (Å²) in [5.41, 5.74) is 1.26. The number of nitrogens with one attached hydrogen (secondary N) is 2. The molecule has 0 amide bonds. The summed E-state index contributed by atoms with van der Waals surface area (Å²) < 4.78 is 0. The third-order valence-corrected chi connectivity index (χ3v) is 3.78. The highest BCUT2D eigenvalue weighted by molar-refractivity contribution is 7.09. The van der Waals surface area contributed by atoms with Crippen LogP contribution in [0.1, 0.15) is 50.3 Å². The first-order valence-corrected chi connectivity index (χ1v) is 7.42. The van der Waals surface area contributed by atoms with Crippen molar-refractivity contribution in [2.45, 2.75) is 45.6 Å². The molecule has 1 unspecified atom stereocenters. The lowest BCUT2D eigenvalue weighted by atomic mass is 9.93.